The minimum absolute atomic E-state index is 0.0839. The molecule has 0 aliphatic carbocycles. The lowest BCUT2D eigenvalue weighted by molar-refractivity contribution is 0.0963. The second-order valence-electron chi connectivity index (χ2n) is 5.35. The SMILES string of the molecule is CNC(=O)c1ccc(NC2CCN(C(N)=O)CC2)c(C)c1. The van der Waals surface area contributed by atoms with Crippen molar-refractivity contribution in [3.63, 3.8) is 0 Å². The molecule has 0 unspecified atom stereocenters. The molecule has 0 saturated carbocycles. The van der Waals surface area contributed by atoms with E-state index in [9.17, 15) is 9.59 Å². The van der Waals surface area contributed by atoms with Crippen LogP contribution < -0.4 is 16.4 Å². The number of benzene rings is 1. The number of hydrogen-bond donors (Lipinski definition) is 3. The van der Waals surface area contributed by atoms with Crippen molar-refractivity contribution in [1.82, 2.24) is 10.2 Å². The minimum Gasteiger partial charge on any atom is -0.382 e. The van der Waals surface area contributed by atoms with Crippen LogP contribution in [0.15, 0.2) is 18.2 Å². The Labute approximate surface area is 124 Å². The highest BCUT2D eigenvalue weighted by Crippen LogP contribution is 2.21. The molecule has 6 heteroatoms. The fourth-order valence-electron chi connectivity index (χ4n) is 2.58. The summed E-state index contributed by atoms with van der Waals surface area (Å²) in [6.07, 6.45) is 1.75. The van der Waals surface area contributed by atoms with E-state index in [0.717, 1.165) is 24.1 Å². The number of urea groups is 1. The third kappa shape index (κ3) is 3.65. The number of hydrogen-bond acceptors (Lipinski definition) is 3. The van der Waals surface area contributed by atoms with Crippen LogP contribution in [0.3, 0.4) is 0 Å². The fraction of sp³-hybridized carbons (Fsp3) is 0.467. The molecule has 1 aromatic carbocycles. The number of anilines is 1. The Morgan fingerprint density at radius 3 is 2.48 bits per heavy atom. The fourth-order valence-corrected chi connectivity index (χ4v) is 2.58. The average Bonchev–Trinajstić information content (AvgIpc) is 2.49. The number of likely N-dealkylation sites (tertiary alicyclic amines) is 1. The van der Waals surface area contributed by atoms with Crippen LogP contribution in [0, 0.1) is 6.92 Å². The maximum absolute atomic E-state index is 11.6. The summed E-state index contributed by atoms with van der Waals surface area (Å²) in [5.41, 5.74) is 8.00. The first kappa shape index (κ1) is 15.2. The summed E-state index contributed by atoms with van der Waals surface area (Å²) >= 11 is 0. The van der Waals surface area contributed by atoms with Gasteiger partial charge in [-0.15, -0.1) is 0 Å². The van der Waals surface area contributed by atoms with Crippen molar-refractivity contribution in [1.29, 1.82) is 0 Å². The number of nitrogens with two attached hydrogens (primary N) is 1. The summed E-state index contributed by atoms with van der Waals surface area (Å²) in [6.45, 7) is 3.35. The minimum atomic E-state index is -0.348. The highest BCUT2D eigenvalue weighted by Gasteiger charge is 2.21. The number of rotatable bonds is 3. The van der Waals surface area contributed by atoms with E-state index in [1.807, 2.05) is 25.1 Å². The normalized spacial score (nSPS) is 15.6. The molecule has 1 heterocycles. The maximum Gasteiger partial charge on any atom is 0.314 e. The molecular weight excluding hydrogens is 268 g/mol. The van der Waals surface area contributed by atoms with Crippen LogP contribution in [0.25, 0.3) is 0 Å². The van der Waals surface area contributed by atoms with E-state index in [4.69, 9.17) is 5.73 Å². The van der Waals surface area contributed by atoms with Crippen LogP contribution in [0.5, 0.6) is 0 Å². The molecule has 0 radical (unpaired) electrons. The van der Waals surface area contributed by atoms with Gasteiger partial charge in [-0.05, 0) is 43.5 Å². The molecule has 0 aromatic heterocycles. The summed E-state index contributed by atoms with van der Waals surface area (Å²) in [5, 5.41) is 6.10. The van der Waals surface area contributed by atoms with E-state index in [2.05, 4.69) is 10.6 Å². The first-order valence-corrected chi connectivity index (χ1v) is 7.15. The average molecular weight is 290 g/mol. The Morgan fingerprint density at radius 2 is 1.95 bits per heavy atom. The van der Waals surface area contributed by atoms with Crippen molar-refractivity contribution in [2.75, 3.05) is 25.5 Å². The zero-order chi connectivity index (χ0) is 15.4. The smallest absolute Gasteiger partial charge is 0.314 e. The van der Waals surface area contributed by atoms with Crippen molar-refractivity contribution in [2.45, 2.75) is 25.8 Å². The van der Waals surface area contributed by atoms with Gasteiger partial charge in [-0.1, -0.05) is 0 Å². The standard InChI is InChI=1S/C15H22N4O2/c1-10-9-11(14(20)17-2)3-4-13(10)18-12-5-7-19(8-6-12)15(16)21/h3-4,9,12,18H,5-8H2,1-2H3,(H2,16,21)(H,17,20). The number of primary amides is 1. The van der Waals surface area contributed by atoms with Gasteiger partial charge in [0.25, 0.3) is 5.91 Å². The van der Waals surface area contributed by atoms with Crippen LogP contribution in [-0.2, 0) is 0 Å². The van der Waals surface area contributed by atoms with Gasteiger partial charge < -0.3 is 21.3 Å². The van der Waals surface area contributed by atoms with Crippen molar-refractivity contribution in [2.24, 2.45) is 5.73 Å². The quantitative estimate of drug-likeness (QED) is 0.784. The number of carbonyl (C=O) groups is 2. The van der Waals surface area contributed by atoms with Gasteiger partial charge in [0.1, 0.15) is 0 Å². The van der Waals surface area contributed by atoms with Crippen molar-refractivity contribution < 1.29 is 9.59 Å². The molecule has 4 N–H and O–H groups in total. The van der Waals surface area contributed by atoms with Gasteiger partial charge in [0.05, 0.1) is 0 Å². The van der Waals surface area contributed by atoms with Crippen LogP contribution in [-0.4, -0.2) is 43.0 Å². The highest BCUT2D eigenvalue weighted by molar-refractivity contribution is 5.94. The van der Waals surface area contributed by atoms with Gasteiger partial charge in [0, 0.05) is 37.4 Å². The van der Waals surface area contributed by atoms with Gasteiger partial charge in [-0.25, -0.2) is 4.79 Å². The Kier molecular flexibility index (Phi) is 4.67. The Hall–Kier alpha value is -2.24. The monoisotopic (exact) mass is 290 g/mol. The molecule has 0 spiro atoms. The number of nitrogens with zero attached hydrogens (tertiary/aromatic N) is 1. The van der Waals surface area contributed by atoms with Crippen molar-refractivity contribution in [3.8, 4) is 0 Å². The van der Waals surface area contributed by atoms with E-state index in [-0.39, 0.29) is 11.9 Å². The Bertz CT molecular complexity index is 536. The molecule has 1 saturated heterocycles. The van der Waals surface area contributed by atoms with Gasteiger partial charge >= 0.3 is 6.03 Å². The predicted octanol–water partition coefficient (Wildman–Crippen LogP) is 1.31. The topological polar surface area (TPSA) is 87.5 Å². The van der Waals surface area contributed by atoms with Crippen LogP contribution in [0.2, 0.25) is 0 Å². The molecule has 6 nitrogen and oxygen atoms in total. The molecular formula is C15H22N4O2. The van der Waals surface area contributed by atoms with Gasteiger partial charge in [0.15, 0.2) is 0 Å². The molecule has 114 valence electrons. The third-order valence-corrected chi connectivity index (χ3v) is 3.88. The predicted molar refractivity (Wildman–Crippen MR) is 82.4 cm³/mol. The summed E-state index contributed by atoms with van der Waals surface area (Å²) in [5.74, 6) is -0.0839. The number of carbonyl (C=O) groups excluding carboxylic acids is 2. The Morgan fingerprint density at radius 1 is 1.29 bits per heavy atom. The largest absolute Gasteiger partial charge is 0.382 e. The number of piperidine rings is 1. The van der Waals surface area contributed by atoms with Crippen LogP contribution in [0.4, 0.5) is 10.5 Å². The van der Waals surface area contributed by atoms with E-state index in [1.165, 1.54) is 0 Å². The second kappa shape index (κ2) is 6.47. The van der Waals surface area contributed by atoms with Crippen LogP contribution in [0.1, 0.15) is 28.8 Å². The van der Waals surface area contributed by atoms with E-state index >= 15 is 0 Å². The van der Waals surface area contributed by atoms with Crippen molar-refractivity contribution in [3.05, 3.63) is 29.3 Å². The molecule has 0 bridgehead atoms. The molecule has 3 amide bonds. The molecule has 2 rings (SSSR count). The molecule has 1 aliphatic heterocycles. The molecule has 21 heavy (non-hydrogen) atoms. The zero-order valence-electron chi connectivity index (χ0n) is 12.5. The number of amides is 3. The van der Waals surface area contributed by atoms with E-state index in [1.54, 1.807) is 11.9 Å². The van der Waals surface area contributed by atoms with Crippen molar-refractivity contribution >= 4 is 17.6 Å². The lowest BCUT2D eigenvalue weighted by atomic mass is 10.0. The van der Waals surface area contributed by atoms with E-state index < -0.39 is 0 Å². The van der Waals surface area contributed by atoms with Gasteiger partial charge in [0.2, 0.25) is 0 Å². The van der Waals surface area contributed by atoms with Gasteiger partial charge in [-0.3, -0.25) is 4.79 Å². The number of nitrogens with one attached hydrogen (secondary N) is 2. The highest BCUT2D eigenvalue weighted by atomic mass is 16.2. The zero-order valence-corrected chi connectivity index (χ0v) is 12.5. The summed E-state index contributed by atoms with van der Waals surface area (Å²) in [6, 6.07) is 5.59. The first-order valence-electron chi connectivity index (χ1n) is 7.15. The maximum atomic E-state index is 11.6. The molecule has 1 fully saturated rings. The van der Waals surface area contributed by atoms with Gasteiger partial charge in [-0.2, -0.15) is 0 Å². The molecule has 0 atom stereocenters. The summed E-state index contributed by atoms with van der Waals surface area (Å²) < 4.78 is 0. The summed E-state index contributed by atoms with van der Waals surface area (Å²) in [7, 11) is 1.62. The number of aryl methyl sites for hydroxylation is 1. The lowest BCUT2D eigenvalue weighted by Gasteiger charge is -2.32. The molecule has 1 aliphatic rings. The third-order valence-electron chi connectivity index (χ3n) is 3.88. The second-order valence-corrected chi connectivity index (χ2v) is 5.35. The first-order chi connectivity index (χ1) is 10.0. The van der Waals surface area contributed by atoms with Crippen LogP contribution >= 0.6 is 0 Å². The summed E-state index contributed by atoms with van der Waals surface area (Å²) in [4.78, 5) is 24.3. The van der Waals surface area contributed by atoms with E-state index in [0.29, 0.717) is 24.7 Å². The molecule has 1 aromatic rings. The lowest BCUT2D eigenvalue weighted by Crippen LogP contribution is -2.44. The Balaban J connectivity index is 1.98.